The van der Waals surface area contributed by atoms with Crippen molar-refractivity contribution >= 4 is 5.78 Å². The van der Waals surface area contributed by atoms with Crippen molar-refractivity contribution in [3.8, 4) is 5.69 Å². The van der Waals surface area contributed by atoms with Crippen molar-refractivity contribution in [2.75, 3.05) is 6.54 Å². The molecule has 190 valence electrons. The van der Waals surface area contributed by atoms with E-state index in [1.54, 1.807) is 4.68 Å². The van der Waals surface area contributed by atoms with E-state index in [-0.39, 0.29) is 12.2 Å². The molecule has 0 spiro atoms. The fraction of sp³-hybridized carbons (Fsp3) is 0.290. The molecule has 5 rings (SSSR count). The Labute approximate surface area is 216 Å². The Kier molecular flexibility index (Phi) is 7.28. The first-order chi connectivity index (χ1) is 17.9. The van der Waals surface area contributed by atoms with E-state index in [1.807, 2.05) is 49.4 Å². The lowest BCUT2D eigenvalue weighted by Gasteiger charge is -2.21. The van der Waals surface area contributed by atoms with Gasteiger partial charge in [0.25, 0.3) is 0 Å². The average molecular weight is 500 g/mol. The summed E-state index contributed by atoms with van der Waals surface area (Å²) in [6, 6.07) is 20.8. The third-order valence-electron chi connectivity index (χ3n) is 6.91. The van der Waals surface area contributed by atoms with Crippen LogP contribution in [0, 0.1) is 24.5 Å². The van der Waals surface area contributed by atoms with Gasteiger partial charge >= 0.3 is 0 Å². The van der Waals surface area contributed by atoms with Crippen LogP contribution < -0.4 is 5.32 Å². The molecular weight excluding hydrogens is 468 g/mol. The number of nitrogens with one attached hydrogen (secondary N) is 1. The highest BCUT2D eigenvalue weighted by atomic mass is 19.1. The molecule has 37 heavy (non-hydrogen) atoms. The van der Waals surface area contributed by atoms with Crippen molar-refractivity contribution in [3.63, 3.8) is 0 Å². The molecule has 0 saturated heterocycles. The molecule has 1 aliphatic carbocycles. The Bertz CT molecular complexity index is 1420. The van der Waals surface area contributed by atoms with Crippen LogP contribution in [0.15, 0.2) is 72.8 Å². The van der Waals surface area contributed by atoms with E-state index >= 15 is 0 Å². The van der Waals surface area contributed by atoms with Crippen molar-refractivity contribution in [2.24, 2.45) is 5.92 Å². The van der Waals surface area contributed by atoms with E-state index in [1.165, 1.54) is 17.7 Å². The van der Waals surface area contributed by atoms with Gasteiger partial charge in [0.05, 0.1) is 17.4 Å². The average Bonchev–Trinajstić information content (AvgIpc) is 3.64. The molecule has 1 unspecified atom stereocenters. The summed E-state index contributed by atoms with van der Waals surface area (Å²) in [4.78, 5) is 13.5. The quantitative estimate of drug-likeness (QED) is 0.252. The standard InChI is InChI=1S/C31H31F2N3O/c1-3-21-6-5-9-26(16-21)36-29(14-20(2)35-36)30(37)17-23-7-4-8-24(15-23)31(34-19-22-10-11-22)27-13-12-25(32)18-28(27)33/h4-9,12-16,18,22,31,34H,3,10-11,17,19H2,1-2H3. The van der Waals surface area contributed by atoms with Crippen molar-refractivity contribution in [1.29, 1.82) is 0 Å². The second-order valence-electron chi connectivity index (χ2n) is 9.90. The van der Waals surface area contributed by atoms with Crippen LogP contribution >= 0.6 is 0 Å². The molecule has 1 atom stereocenters. The van der Waals surface area contributed by atoms with Gasteiger partial charge in [-0.05, 0) is 79.6 Å². The first-order valence-corrected chi connectivity index (χ1v) is 12.9. The van der Waals surface area contributed by atoms with Crippen molar-refractivity contribution in [2.45, 2.75) is 45.6 Å². The van der Waals surface area contributed by atoms with Crippen LogP contribution in [0.3, 0.4) is 0 Å². The molecule has 1 aliphatic rings. The van der Waals surface area contributed by atoms with Crippen LogP contribution in [0.2, 0.25) is 0 Å². The summed E-state index contributed by atoms with van der Waals surface area (Å²) in [5, 5.41) is 8.05. The van der Waals surface area contributed by atoms with Crippen molar-refractivity contribution in [1.82, 2.24) is 15.1 Å². The van der Waals surface area contributed by atoms with E-state index in [4.69, 9.17) is 0 Å². The number of hydrogen-bond donors (Lipinski definition) is 1. The molecule has 1 aromatic heterocycles. The Morgan fingerprint density at radius 3 is 2.57 bits per heavy atom. The van der Waals surface area contributed by atoms with Crippen LogP contribution in [-0.4, -0.2) is 22.1 Å². The number of nitrogens with zero attached hydrogens (tertiary/aromatic N) is 2. The molecule has 1 fully saturated rings. The molecule has 4 aromatic rings. The van der Waals surface area contributed by atoms with Gasteiger partial charge in [0.1, 0.15) is 17.3 Å². The number of rotatable bonds is 10. The molecular formula is C31H31F2N3O. The molecule has 1 N–H and O–H groups in total. The van der Waals surface area contributed by atoms with Gasteiger partial charge in [0.15, 0.2) is 5.78 Å². The van der Waals surface area contributed by atoms with Gasteiger partial charge in [-0.1, -0.05) is 49.4 Å². The smallest absolute Gasteiger partial charge is 0.185 e. The van der Waals surface area contributed by atoms with E-state index in [0.717, 1.165) is 54.4 Å². The van der Waals surface area contributed by atoms with Crippen molar-refractivity contribution < 1.29 is 13.6 Å². The Hall–Kier alpha value is -3.64. The third kappa shape index (κ3) is 5.86. The predicted molar refractivity (Wildman–Crippen MR) is 141 cm³/mol. The van der Waals surface area contributed by atoms with E-state index < -0.39 is 17.7 Å². The number of halogens is 2. The third-order valence-corrected chi connectivity index (χ3v) is 6.91. The minimum Gasteiger partial charge on any atom is -0.306 e. The van der Waals surface area contributed by atoms with Gasteiger partial charge in [-0.15, -0.1) is 0 Å². The topological polar surface area (TPSA) is 46.9 Å². The van der Waals surface area contributed by atoms with Crippen LogP contribution in [0.4, 0.5) is 8.78 Å². The molecule has 4 nitrogen and oxygen atoms in total. The van der Waals surface area contributed by atoms with Crippen molar-refractivity contribution in [3.05, 3.63) is 118 Å². The first-order valence-electron chi connectivity index (χ1n) is 12.9. The van der Waals surface area contributed by atoms with Crippen LogP contribution in [-0.2, 0) is 12.8 Å². The van der Waals surface area contributed by atoms with Gasteiger partial charge < -0.3 is 5.32 Å². The summed E-state index contributed by atoms with van der Waals surface area (Å²) in [6.07, 6.45) is 3.41. The second kappa shape index (κ2) is 10.8. The van der Waals surface area contributed by atoms with Crippen LogP contribution in [0.25, 0.3) is 5.69 Å². The lowest BCUT2D eigenvalue weighted by molar-refractivity contribution is 0.0985. The lowest BCUT2D eigenvalue weighted by Crippen LogP contribution is -2.25. The highest BCUT2D eigenvalue weighted by molar-refractivity contribution is 5.96. The van der Waals surface area contributed by atoms with Gasteiger partial charge in [0, 0.05) is 18.1 Å². The molecule has 0 aliphatic heterocycles. The van der Waals surface area contributed by atoms with E-state index in [9.17, 15) is 13.6 Å². The first kappa shape index (κ1) is 25.0. The maximum atomic E-state index is 14.8. The minimum absolute atomic E-state index is 0.0462. The molecule has 1 saturated carbocycles. The maximum Gasteiger partial charge on any atom is 0.185 e. The summed E-state index contributed by atoms with van der Waals surface area (Å²) < 4.78 is 30.1. The molecule has 0 radical (unpaired) electrons. The Morgan fingerprint density at radius 1 is 1.03 bits per heavy atom. The minimum atomic E-state index is -0.599. The van der Waals surface area contributed by atoms with E-state index in [2.05, 4.69) is 29.5 Å². The predicted octanol–water partition coefficient (Wildman–Crippen LogP) is 6.54. The van der Waals surface area contributed by atoms with Gasteiger partial charge in [-0.2, -0.15) is 5.10 Å². The van der Waals surface area contributed by atoms with Gasteiger partial charge in [-0.3, -0.25) is 4.79 Å². The second-order valence-corrected chi connectivity index (χ2v) is 9.90. The summed E-state index contributed by atoms with van der Waals surface area (Å²) in [5.74, 6) is -0.637. The number of hydrogen-bond acceptors (Lipinski definition) is 3. The molecule has 3 aromatic carbocycles. The zero-order valence-electron chi connectivity index (χ0n) is 21.2. The number of carbonyl (C=O) groups excluding carboxylic acids is 1. The fourth-order valence-electron chi connectivity index (χ4n) is 4.71. The summed E-state index contributed by atoms with van der Waals surface area (Å²) in [5.41, 5.74) is 5.41. The number of aryl methyl sites for hydroxylation is 2. The zero-order chi connectivity index (χ0) is 25.9. The number of Topliss-reactive ketones (excluding diaryl/α,β-unsaturated/α-hetero) is 1. The fourth-order valence-corrected chi connectivity index (χ4v) is 4.71. The van der Waals surface area contributed by atoms with Crippen LogP contribution in [0.5, 0.6) is 0 Å². The maximum absolute atomic E-state index is 14.8. The highest BCUT2D eigenvalue weighted by Crippen LogP contribution is 2.31. The molecule has 1 heterocycles. The number of carbonyl (C=O) groups is 1. The van der Waals surface area contributed by atoms with E-state index in [0.29, 0.717) is 17.2 Å². The zero-order valence-corrected chi connectivity index (χ0v) is 21.2. The lowest BCUT2D eigenvalue weighted by atomic mass is 9.95. The normalized spacial score (nSPS) is 14.1. The summed E-state index contributed by atoms with van der Waals surface area (Å²) >= 11 is 0. The van der Waals surface area contributed by atoms with Gasteiger partial charge in [-0.25, -0.2) is 13.5 Å². The monoisotopic (exact) mass is 499 g/mol. The number of aromatic nitrogens is 2. The van der Waals surface area contributed by atoms with Crippen LogP contribution in [0.1, 0.15) is 64.2 Å². The Balaban J connectivity index is 1.42. The highest BCUT2D eigenvalue weighted by Gasteiger charge is 2.25. The number of benzene rings is 3. The molecule has 0 bridgehead atoms. The molecule has 0 amide bonds. The Morgan fingerprint density at radius 2 is 1.81 bits per heavy atom. The molecule has 6 heteroatoms. The SMILES string of the molecule is CCc1cccc(-n2nc(C)cc2C(=O)Cc2cccc(C(NCC3CC3)c3ccc(F)cc3F)c2)c1. The number of ketones is 1. The summed E-state index contributed by atoms with van der Waals surface area (Å²) in [7, 11) is 0. The van der Waals surface area contributed by atoms with Gasteiger partial charge in [0.2, 0.25) is 0 Å². The summed E-state index contributed by atoms with van der Waals surface area (Å²) in [6.45, 7) is 4.74. The largest absolute Gasteiger partial charge is 0.306 e.